The molecule has 1 aromatic carbocycles. The van der Waals surface area contributed by atoms with Gasteiger partial charge in [0.15, 0.2) is 0 Å². The maximum absolute atomic E-state index is 13.0. The molecule has 6 heteroatoms. The molecule has 3 aliphatic rings. The first-order chi connectivity index (χ1) is 14.2. The maximum Gasteiger partial charge on any atom is 0.240 e. The van der Waals surface area contributed by atoms with Crippen molar-refractivity contribution in [2.75, 3.05) is 39.3 Å². The largest absolute Gasteiger partial charge is 0.361 e. The van der Waals surface area contributed by atoms with Gasteiger partial charge >= 0.3 is 0 Å². The van der Waals surface area contributed by atoms with Gasteiger partial charge in [0.1, 0.15) is 0 Å². The molecule has 0 bridgehead atoms. The van der Waals surface area contributed by atoms with Gasteiger partial charge in [0.05, 0.1) is 12.5 Å². The summed E-state index contributed by atoms with van der Waals surface area (Å²) in [5, 5.41) is 1.13. The topological polar surface area (TPSA) is 59.7 Å². The van der Waals surface area contributed by atoms with Crippen LogP contribution in [0.25, 0.3) is 10.9 Å². The number of H-pyrrole nitrogens is 1. The summed E-state index contributed by atoms with van der Waals surface area (Å²) in [6, 6.07) is 8.15. The second-order valence-corrected chi connectivity index (χ2v) is 8.84. The van der Waals surface area contributed by atoms with Gasteiger partial charge in [-0.2, -0.15) is 0 Å². The molecule has 2 aliphatic heterocycles. The number of aromatic amines is 1. The molecule has 154 valence electrons. The molecular weight excluding hydrogens is 364 g/mol. The zero-order chi connectivity index (χ0) is 19.8. The number of para-hydroxylation sites is 1. The predicted octanol–water partition coefficient (Wildman–Crippen LogP) is 2.26. The number of hydrogen-bond acceptors (Lipinski definition) is 3. The quantitative estimate of drug-likeness (QED) is 0.846. The van der Waals surface area contributed by atoms with E-state index in [1.165, 1.54) is 12.8 Å². The van der Waals surface area contributed by atoms with Crippen molar-refractivity contribution in [3.05, 3.63) is 36.0 Å². The first-order valence-electron chi connectivity index (χ1n) is 11.0. The third kappa shape index (κ3) is 3.90. The van der Waals surface area contributed by atoms with E-state index in [0.717, 1.165) is 67.9 Å². The molecule has 0 spiro atoms. The summed E-state index contributed by atoms with van der Waals surface area (Å²) in [7, 11) is 0. The Balaban J connectivity index is 1.18. The molecule has 5 rings (SSSR count). The van der Waals surface area contributed by atoms with Crippen LogP contribution >= 0.6 is 0 Å². The minimum Gasteiger partial charge on any atom is -0.361 e. The third-order valence-corrected chi connectivity index (χ3v) is 6.79. The molecule has 1 saturated carbocycles. The molecule has 1 aromatic heterocycles. The smallest absolute Gasteiger partial charge is 0.240 e. The first kappa shape index (κ1) is 18.7. The fourth-order valence-electron chi connectivity index (χ4n) is 4.91. The zero-order valence-corrected chi connectivity index (χ0v) is 17.0. The van der Waals surface area contributed by atoms with Crippen molar-refractivity contribution in [3.8, 4) is 0 Å². The summed E-state index contributed by atoms with van der Waals surface area (Å²) in [4.78, 5) is 35.4. The van der Waals surface area contributed by atoms with Crippen LogP contribution in [0.4, 0.5) is 0 Å². The lowest BCUT2D eigenvalue weighted by Crippen LogP contribution is -2.44. The normalized spacial score (nSPS) is 23.7. The third-order valence-electron chi connectivity index (χ3n) is 6.79. The van der Waals surface area contributed by atoms with Crippen LogP contribution in [0.2, 0.25) is 0 Å². The van der Waals surface area contributed by atoms with Crippen LogP contribution < -0.4 is 0 Å². The Labute approximate surface area is 171 Å². The minimum atomic E-state index is 0.0254. The van der Waals surface area contributed by atoms with Gasteiger partial charge in [-0.3, -0.25) is 14.5 Å². The number of nitrogens with one attached hydrogen (secondary N) is 1. The highest BCUT2D eigenvalue weighted by molar-refractivity contribution is 5.89. The molecule has 1 atom stereocenters. The van der Waals surface area contributed by atoms with Crippen molar-refractivity contribution < 1.29 is 9.59 Å². The van der Waals surface area contributed by atoms with E-state index in [9.17, 15) is 9.59 Å². The number of benzene rings is 1. The Morgan fingerprint density at radius 2 is 1.90 bits per heavy atom. The molecule has 6 nitrogen and oxygen atoms in total. The van der Waals surface area contributed by atoms with E-state index >= 15 is 0 Å². The Hall–Kier alpha value is -2.34. The Morgan fingerprint density at radius 1 is 1.03 bits per heavy atom. The van der Waals surface area contributed by atoms with Crippen LogP contribution in [-0.2, 0) is 16.0 Å². The Kier molecular flexibility index (Phi) is 5.04. The standard InChI is InChI=1S/C23H30N4O2/c28-22(14-18-15-24-20-5-2-1-4-19(18)20)26-10-3-9-25(12-13-26)21-8-11-27(23(21)29)16-17-6-7-17/h1-2,4-5,15,17,21,24H,3,6-14,16H2/t21-/m0/s1. The molecule has 0 radical (unpaired) electrons. The van der Waals surface area contributed by atoms with Gasteiger partial charge in [-0.25, -0.2) is 0 Å². The average Bonchev–Trinajstić information content (AvgIpc) is 3.43. The van der Waals surface area contributed by atoms with Crippen LogP contribution in [-0.4, -0.2) is 76.8 Å². The van der Waals surface area contributed by atoms with E-state index < -0.39 is 0 Å². The monoisotopic (exact) mass is 394 g/mol. The van der Waals surface area contributed by atoms with E-state index in [1.54, 1.807) is 0 Å². The summed E-state index contributed by atoms with van der Waals surface area (Å²) < 4.78 is 0. The second-order valence-electron chi connectivity index (χ2n) is 8.84. The van der Waals surface area contributed by atoms with Crippen LogP contribution in [0.15, 0.2) is 30.5 Å². The van der Waals surface area contributed by atoms with E-state index in [0.29, 0.717) is 18.9 Å². The molecule has 2 saturated heterocycles. The van der Waals surface area contributed by atoms with Gasteiger partial charge in [-0.1, -0.05) is 18.2 Å². The Bertz CT molecular complexity index is 903. The fraction of sp³-hybridized carbons (Fsp3) is 0.565. The number of amides is 2. The highest BCUT2D eigenvalue weighted by Gasteiger charge is 2.38. The SMILES string of the molecule is O=C(Cc1c[nH]c2ccccc12)N1CCCN([C@H]2CCN(CC3CC3)C2=O)CC1. The number of hydrogen-bond donors (Lipinski definition) is 1. The Morgan fingerprint density at radius 3 is 2.76 bits per heavy atom. The summed E-state index contributed by atoms with van der Waals surface area (Å²) in [5.41, 5.74) is 2.14. The summed E-state index contributed by atoms with van der Waals surface area (Å²) >= 11 is 0. The van der Waals surface area contributed by atoms with Gasteiger partial charge in [-0.15, -0.1) is 0 Å². The van der Waals surface area contributed by atoms with Crippen molar-refractivity contribution in [2.45, 2.75) is 38.1 Å². The van der Waals surface area contributed by atoms with Crippen LogP contribution in [0.1, 0.15) is 31.2 Å². The lowest BCUT2D eigenvalue weighted by Gasteiger charge is -2.26. The highest BCUT2D eigenvalue weighted by atomic mass is 16.2. The molecule has 3 fully saturated rings. The molecular formula is C23H30N4O2. The minimum absolute atomic E-state index is 0.0254. The van der Waals surface area contributed by atoms with E-state index in [4.69, 9.17) is 0 Å². The average molecular weight is 395 g/mol. The zero-order valence-electron chi connectivity index (χ0n) is 17.0. The summed E-state index contributed by atoms with van der Waals surface area (Å²) in [6.07, 6.45) is 6.83. The summed E-state index contributed by atoms with van der Waals surface area (Å²) in [5.74, 6) is 1.25. The van der Waals surface area contributed by atoms with Crippen molar-refractivity contribution in [2.24, 2.45) is 5.92 Å². The fourth-order valence-corrected chi connectivity index (χ4v) is 4.91. The second kappa shape index (κ2) is 7.82. The van der Waals surface area contributed by atoms with Gasteiger partial charge in [0.2, 0.25) is 11.8 Å². The van der Waals surface area contributed by atoms with Gasteiger partial charge in [0, 0.05) is 56.4 Å². The lowest BCUT2D eigenvalue weighted by atomic mass is 10.1. The summed E-state index contributed by atoms with van der Waals surface area (Å²) in [6.45, 7) is 5.06. The predicted molar refractivity (Wildman–Crippen MR) is 112 cm³/mol. The number of carbonyl (C=O) groups excluding carboxylic acids is 2. The van der Waals surface area contributed by atoms with E-state index in [-0.39, 0.29) is 11.9 Å². The maximum atomic E-state index is 13.0. The molecule has 0 unspecified atom stereocenters. The van der Waals surface area contributed by atoms with E-state index in [1.807, 2.05) is 29.3 Å². The number of nitrogens with zero attached hydrogens (tertiary/aromatic N) is 3. The lowest BCUT2D eigenvalue weighted by molar-refractivity contribution is -0.132. The van der Waals surface area contributed by atoms with Crippen LogP contribution in [0.3, 0.4) is 0 Å². The van der Waals surface area contributed by atoms with Crippen molar-refractivity contribution in [3.63, 3.8) is 0 Å². The highest BCUT2D eigenvalue weighted by Crippen LogP contribution is 2.32. The van der Waals surface area contributed by atoms with Crippen molar-refractivity contribution >= 4 is 22.7 Å². The van der Waals surface area contributed by atoms with Crippen molar-refractivity contribution in [1.82, 2.24) is 19.7 Å². The van der Waals surface area contributed by atoms with Crippen LogP contribution in [0.5, 0.6) is 0 Å². The van der Waals surface area contributed by atoms with Gasteiger partial charge < -0.3 is 14.8 Å². The van der Waals surface area contributed by atoms with Crippen molar-refractivity contribution in [1.29, 1.82) is 0 Å². The first-order valence-corrected chi connectivity index (χ1v) is 11.0. The number of aromatic nitrogens is 1. The van der Waals surface area contributed by atoms with E-state index in [2.05, 4.69) is 20.9 Å². The molecule has 1 aliphatic carbocycles. The number of carbonyl (C=O) groups is 2. The molecule has 2 aromatic rings. The molecule has 1 N–H and O–H groups in total. The molecule has 3 heterocycles. The van der Waals surface area contributed by atoms with Gasteiger partial charge in [0.25, 0.3) is 0 Å². The van der Waals surface area contributed by atoms with Crippen LogP contribution in [0, 0.1) is 5.92 Å². The van der Waals surface area contributed by atoms with Gasteiger partial charge in [-0.05, 0) is 43.2 Å². The molecule has 2 amide bonds. The number of fused-ring (bicyclic) bond motifs is 1. The molecule has 29 heavy (non-hydrogen) atoms. The number of rotatable bonds is 5. The number of likely N-dealkylation sites (tertiary alicyclic amines) is 1.